The molecule has 1 saturated heterocycles. The highest BCUT2D eigenvalue weighted by Crippen LogP contribution is 2.25. The molecule has 2 aromatic rings. The fourth-order valence-electron chi connectivity index (χ4n) is 3.35. The van der Waals surface area contributed by atoms with Gasteiger partial charge in [-0.3, -0.25) is 4.90 Å². The predicted octanol–water partition coefficient (Wildman–Crippen LogP) is 4.70. The van der Waals surface area contributed by atoms with E-state index in [1.54, 1.807) is 0 Å². The fraction of sp³-hybridized carbons (Fsp3) is 0.364. The first-order chi connectivity index (χ1) is 11.3. The van der Waals surface area contributed by atoms with Gasteiger partial charge in [0.1, 0.15) is 0 Å². The van der Waals surface area contributed by atoms with E-state index in [2.05, 4.69) is 78.3 Å². The second kappa shape index (κ2) is 7.99. The molecular formula is C22H25N. The number of hydrogen-bond acceptors (Lipinski definition) is 1. The lowest BCUT2D eigenvalue weighted by molar-refractivity contribution is 0.180. The van der Waals surface area contributed by atoms with E-state index in [-0.39, 0.29) is 6.04 Å². The van der Waals surface area contributed by atoms with E-state index in [1.165, 1.54) is 37.9 Å². The highest BCUT2D eigenvalue weighted by Gasteiger charge is 2.25. The monoisotopic (exact) mass is 303 g/mol. The lowest BCUT2D eigenvalue weighted by Crippen LogP contribution is -2.41. The summed E-state index contributed by atoms with van der Waals surface area (Å²) < 4.78 is 0. The Hall–Kier alpha value is -2.04. The minimum absolute atomic E-state index is 0.290. The SMILES string of the molecule is CC(c1ccccc1)C(C#Cc1ccccc1)N1CCCCC1. The molecule has 3 rings (SSSR count). The Kier molecular flexibility index (Phi) is 5.51. The average Bonchev–Trinajstić information content (AvgIpc) is 2.64. The molecule has 0 aromatic heterocycles. The molecule has 0 spiro atoms. The Bertz CT molecular complexity index is 645. The van der Waals surface area contributed by atoms with Gasteiger partial charge in [0, 0.05) is 11.5 Å². The first-order valence-electron chi connectivity index (χ1n) is 8.70. The summed E-state index contributed by atoms with van der Waals surface area (Å²) in [7, 11) is 0. The van der Waals surface area contributed by atoms with Crippen molar-refractivity contribution in [3.05, 3.63) is 71.8 Å². The molecule has 118 valence electrons. The van der Waals surface area contributed by atoms with E-state index in [0.29, 0.717) is 5.92 Å². The zero-order chi connectivity index (χ0) is 15.9. The van der Waals surface area contributed by atoms with Crippen LogP contribution < -0.4 is 0 Å². The largest absolute Gasteiger partial charge is 0.289 e. The molecule has 1 heteroatoms. The maximum Gasteiger partial charge on any atom is 0.0785 e. The van der Waals surface area contributed by atoms with Gasteiger partial charge in [-0.2, -0.15) is 0 Å². The van der Waals surface area contributed by atoms with Crippen LogP contribution in [0.5, 0.6) is 0 Å². The number of benzene rings is 2. The molecule has 2 unspecified atom stereocenters. The second-order valence-corrected chi connectivity index (χ2v) is 6.38. The summed E-state index contributed by atoms with van der Waals surface area (Å²) >= 11 is 0. The molecule has 1 aliphatic rings. The van der Waals surface area contributed by atoms with Crippen LogP contribution in [0.3, 0.4) is 0 Å². The van der Waals surface area contributed by atoms with Crippen LogP contribution in [0.15, 0.2) is 60.7 Å². The van der Waals surface area contributed by atoms with Crippen LogP contribution in [0.1, 0.15) is 43.2 Å². The van der Waals surface area contributed by atoms with Gasteiger partial charge < -0.3 is 0 Å². The van der Waals surface area contributed by atoms with Crippen LogP contribution >= 0.6 is 0 Å². The molecule has 1 fully saturated rings. The van der Waals surface area contributed by atoms with Crippen LogP contribution in [-0.2, 0) is 0 Å². The quantitative estimate of drug-likeness (QED) is 0.743. The van der Waals surface area contributed by atoms with Crippen molar-refractivity contribution < 1.29 is 0 Å². The summed E-state index contributed by atoms with van der Waals surface area (Å²) in [5, 5.41) is 0. The molecule has 0 amide bonds. The molecule has 1 heterocycles. The Morgan fingerprint density at radius 1 is 0.826 bits per heavy atom. The highest BCUT2D eigenvalue weighted by molar-refractivity contribution is 5.36. The second-order valence-electron chi connectivity index (χ2n) is 6.38. The van der Waals surface area contributed by atoms with E-state index >= 15 is 0 Å². The molecule has 0 saturated carbocycles. The fourth-order valence-corrected chi connectivity index (χ4v) is 3.35. The Balaban J connectivity index is 1.86. The van der Waals surface area contributed by atoms with E-state index in [4.69, 9.17) is 0 Å². The highest BCUT2D eigenvalue weighted by atomic mass is 15.2. The number of hydrogen-bond donors (Lipinski definition) is 0. The Labute approximate surface area is 140 Å². The maximum absolute atomic E-state index is 3.58. The van der Waals surface area contributed by atoms with Crippen molar-refractivity contribution in [2.75, 3.05) is 13.1 Å². The molecule has 1 nitrogen and oxygen atoms in total. The van der Waals surface area contributed by atoms with E-state index in [0.717, 1.165) is 5.56 Å². The number of likely N-dealkylation sites (tertiary alicyclic amines) is 1. The zero-order valence-corrected chi connectivity index (χ0v) is 13.9. The third kappa shape index (κ3) is 4.24. The van der Waals surface area contributed by atoms with E-state index in [9.17, 15) is 0 Å². The van der Waals surface area contributed by atoms with Gasteiger partial charge in [-0.25, -0.2) is 0 Å². The zero-order valence-electron chi connectivity index (χ0n) is 13.9. The minimum Gasteiger partial charge on any atom is -0.289 e. The van der Waals surface area contributed by atoms with Gasteiger partial charge in [0.25, 0.3) is 0 Å². The van der Waals surface area contributed by atoms with Gasteiger partial charge in [0.05, 0.1) is 6.04 Å². The van der Waals surface area contributed by atoms with Gasteiger partial charge in [-0.15, -0.1) is 0 Å². The molecule has 0 bridgehead atoms. The van der Waals surface area contributed by atoms with Gasteiger partial charge in [-0.05, 0) is 43.6 Å². The lowest BCUT2D eigenvalue weighted by Gasteiger charge is -2.35. The molecule has 1 aliphatic heterocycles. The standard InChI is InChI=1S/C22H25N/c1-19(21-13-7-3-8-14-21)22(23-17-9-4-10-18-23)16-15-20-11-5-2-6-12-20/h2-3,5-8,11-14,19,22H,4,9-10,17-18H2,1H3. The first kappa shape index (κ1) is 15.8. The van der Waals surface area contributed by atoms with Crippen molar-refractivity contribution in [2.45, 2.75) is 38.1 Å². The average molecular weight is 303 g/mol. The van der Waals surface area contributed by atoms with Crippen molar-refractivity contribution in [1.29, 1.82) is 0 Å². The van der Waals surface area contributed by atoms with Crippen LogP contribution in [0.2, 0.25) is 0 Å². The summed E-state index contributed by atoms with van der Waals surface area (Å²) in [5.74, 6) is 7.40. The van der Waals surface area contributed by atoms with E-state index in [1.807, 2.05) is 6.07 Å². The summed E-state index contributed by atoms with van der Waals surface area (Å²) in [6, 6.07) is 21.4. The third-order valence-corrected chi connectivity index (χ3v) is 4.72. The van der Waals surface area contributed by atoms with Gasteiger partial charge in [0.2, 0.25) is 0 Å². The normalized spacial score (nSPS) is 17.8. The minimum atomic E-state index is 0.290. The maximum atomic E-state index is 3.58. The van der Waals surface area contributed by atoms with Crippen LogP contribution in [0, 0.1) is 11.8 Å². The summed E-state index contributed by atoms with van der Waals surface area (Å²) in [6.45, 7) is 4.66. The van der Waals surface area contributed by atoms with Crippen LogP contribution in [0.25, 0.3) is 0 Å². The first-order valence-corrected chi connectivity index (χ1v) is 8.70. The van der Waals surface area contributed by atoms with Gasteiger partial charge >= 0.3 is 0 Å². The van der Waals surface area contributed by atoms with Crippen LogP contribution in [0.4, 0.5) is 0 Å². The molecule has 0 N–H and O–H groups in total. The predicted molar refractivity (Wildman–Crippen MR) is 97.4 cm³/mol. The smallest absolute Gasteiger partial charge is 0.0785 e. The molecule has 0 radical (unpaired) electrons. The third-order valence-electron chi connectivity index (χ3n) is 4.72. The van der Waals surface area contributed by atoms with Crippen molar-refractivity contribution in [2.24, 2.45) is 0 Å². The lowest BCUT2D eigenvalue weighted by atomic mass is 9.91. The van der Waals surface area contributed by atoms with Crippen molar-refractivity contribution in [3.8, 4) is 11.8 Å². The van der Waals surface area contributed by atoms with Crippen molar-refractivity contribution in [3.63, 3.8) is 0 Å². The van der Waals surface area contributed by atoms with E-state index < -0.39 is 0 Å². The van der Waals surface area contributed by atoms with Crippen molar-refractivity contribution in [1.82, 2.24) is 4.90 Å². The number of nitrogens with zero attached hydrogens (tertiary/aromatic N) is 1. The molecule has 0 aliphatic carbocycles. The van der Waals surface area contributed by atoms with Crippen molar-refractivity contribution >= 4 is 0 Å². The number of rotatable bonds is 3. The number of piperidine rings is 1. The summed E-state index contributed by atoms with van der Waals surface area (Å²) in [5.41, 5.74) is 2.49. The van der Waals surface area contributed by atoms with Gasteiger partial charge in [0.15, 0.2) is 0 Å². The topological polar surface area (TPSA) is 3.24 Å². The van der Waals surface area contributed by atoms with Crippen LogP contribution in [-0.4, -0.2) is 24.0 Å². The summed E-state index contributed by atoms with van der Waals surface area (Å²) in [4.78, 5) is 2.58. The molecule has 23 heavy (non-hydrogen) atoms. The molecule has 2 aromatic carbocycles. The Morgan fingerprint density at radius 2 is 1.43 bits per heavy atom. The Morgan fingerprint density at radius 3 is 2.09 bits per heavy atom. The summed E-state index contributed by atoms with van der Waals surface area (Å²) in [6.07, 6.45) is 3.95. The molecular weight excluding hydrogens is 278 g/mol. The molecule has 2 atom stereocenters. The van der Waals surface area contributed by atoms with Gasteiger partial charge in [-0.1, -0.05) is 73.7 Å².